The van der Waals surface area contributed by atoms with Gasteiger partial charge in [-0.1, -0.05) is 26.2 Å². The van der Waals surface area contributed by atoms with Crippen LogP contribution in [0.1, 0.15) is 51.9 Å². The van der Waals surface area contributed by atoms with Crippen LogP contribution < -0.4 is 5.32 Å². The Kier molecular flexibility index (Phi) is 6.93. The van der Waals surface area contributed by atoms with Crippen molar-refractivity contribution in [2.45, 2.75) is 57.9 Å². The topological polar surface area (TPSA) is 38.8 Å². The minimum Gasteiger partial charge on any atom is -0.361 e. The fourth-order valence-electron chi connectivity index (χ4n) is 4.60. The second-order valence-electron chi connectivity index (χ2n) is 7.76. The summed E-state index contributed by atoms with van der Waals surface area (Å²) >= 11 is 5.61. The minimum atomic E-state index is 0.285. The Morgan fingerprint density at radius 3 is 2.32 bits per heavy atom. The molecule has 142 valence electrons. The number of nitrogens with one attached hydrogen (secondary N) is 1. The van der Waals surface area contributed by atoms with E-state index in [1.54, 1.807) is 0 Å². The van der Waals surface area contributed by atoms with Crippen molar-refractivity contribution in [3.63, 3.8) is 0 Å². The molecule has 25 heavy (non-hydrogen) atoms. The molecule has 1 saturated carbocycles. The zero-order valence-electron chi connectivity index (χ0n) is 15.7. The van der Waals surface area contributed by atoms with Crippen LogP contribution in [0.15, 0.2) is 0 Å². The van der Waals surface area contributed by atoms with E-state index < -0.39 is 0 Å². The number of piperazine rings is 1. The summed E-state index contributed by atoms with van der Waals surface area (Å²) in [5, 5.41) is 4.35. The van der Waals surface area contributed by atoms with Crippen LogP contribution >= 0.6 is 12.2 Å². The molecule has 0 bridgehead atoms. The van der Waals surface area contributed by atoms with E-state index >= 15 is 0 Å². The van der Waals surface area contributed by atoms with Crippen molar-refractivity contribution in [2.75, 3.05) is 45.8 Å². The maximum atomic E-state index is 12.7. The van der Waals surface area contributed by atoms with Gasteiger partial charge >= 0.3 is 0 Å². The molecule has 2 aliphatic heterocycles. The van der Waals surface area contributed by atoms with Gasteiger partial charge in [0.1, 0.15) is 0 Å². The van der Waals surface area contributed by atoms with Crippen LogP contribution in [-0.2, 0) is 4.79 Å². The summed E-state index contributed by atoms with van der Waals surface area (Å²) < 4.78 is 0. The molecule has 2 heterocycles. The fourth-order valence-corrected chi connectivity index (χ4v) is 4.86. The third-order valence-electron chi connectivity index (χ3n) is 6.23. The molecule has 1 atom stereocenters. The monoisotopic (exact) mass is 366 g/mol. The van der Waals surface area contributed by atoms with E-state index in [1.807, 2.05) is 0 Å². The molecule has 0 spiro atoms. The van der Waals surface area contributed by atoms with Gasteiger partial charge in [-0.15, -0.1) is 0 Å². The number of carbonyl (C=O) groups is 1. The molecule has 5 nitrogen and oxygen atoms in total. The zero-order valence-corrected chi connectivity index (χ0v) is 16.5. The summed E-state index contributed by atoms with van der Waals surface area (Å²) in [6, 6.07) is 0.622. The lowest BCUT2D eigenvalue weighted by atomic mass is 9.88. The molecule has 2 saturated heterocycles. The smallest absolute Gasteiger partial charge is 0.225 e. The van der Waals surface area contributed by atoms with E-state index in [1.165, 1.54) is 38.6 Å². The second kappa shape index (κ2) is 9.17. The first-order valence-corrected chi connectivity index (χ1v) is 10.7. The first kappa shape index (κ1) is 18.9. The third-order valence-corrected chi connectivity index (χ3v) is 6.63. The number of likely N-dealkylation sites (N-methyl/N-ethyl adjacent to an activating group) is 1. The Labute approximate surface area is 158 Å². The van der Waals surface area contributed by atoms with Crippen molar-refractivity contribution in [3.8, 4) is 0 Å². The van der Waals surface area contributed by atoms with Gasteiger partial charge in [0, 0.05) is 44.7 Å². The Hall–Kier alpha value is -0.880. The van der Waals surface area contributed by atoms with Crippen molar-refractivity contribution < 1.29 is 4.79 Å². The van der Waals surface area contributed by atoms with E-state index in [9.17, 15) is 4.79 Å². The summed E-state index contributed by atoms with van der Waals surface area (Å²) in [7, 11) is 0. The van der Waals surface area contributed by atoms with Crippen molar-refractivity contribution in [1.29, 1.82) is 0 Å². The number of likely N-dealkylation sites (tertiary alicyclic amines) is 1. The quantitative estimate of drug-likeness (QED) is 0.771. The van der Waals surface area contributed by atoms with Gasteiger partial charge in [-0.3, -0.25) is 9.69 Å². The number of hydrogen-bond acceptors (Lipinski definition) is 3. The summed E-state index contributed by atoms with van der Waals surface area (Å²) in [4.78, 5) is 19.5. The number of thiocarbonyl (C=S) groups is 1. The van der Waals surface area contributed by atoms with Gasteiger partial charge in [-0.25, -0.2) is 0 Å². The number of rotatable bonds is 4. The predicted molar refractivity (Wildman–Crippen MR) is 106 cm³/mol. The average molecular weight is 367 g/mol. The van der Waals surface area contributed by atoms with E-state index in [0.29, 0.717) is 11.9 Å². The van der Waals surface area contributed by atoms with Gasteiger partial charge in [-0.05, 0) is 51.0 Å². The van der Waals surface area contributed by atoms with Crippen LogP contribution in [0, 0.1) is 5.92 Å². The SMILES string of the molecule is CCN1CCCC1CNC(=S)N1CCN(C(=O)C2CCCCC2)CC1. The standard InChI is InChI=1S/C19H34N4OS/c1-2-21-10-6-9-17(21)15-20-19(25)23-13-11-22(12-14-23)18(24)16-7-4-3-5-8-16/h16-17H,2-15H2,1H3,(H,20,25). The fraction of sp³-hybridized carbons (Fsp3) is 0.895. The van der Waals surface area contributed by atoms with Crippen LogP contribution in [0.5, 0.6) is 0 Å². The number of amides is 1. The van der Waals surface area contributed by atoms with E-state index in [2.05, 4.69) is 26.9 Å². The zero-order chi connectivity index (χ0) is 17.6. The van der Waals surface area contributed by atoms with Crippen molar-refractivity contribution >= 4 is 23.2 Å². The maximum absolute atomic E-state index is 12.7. The first-order valence-electron chi connectivity index (χ1n) is 10.2. The molecule has 1 N–H and O–H groups in total. The molecular formula is C19H34N4OS. The molecule has 0 aromatic carbocycles. The van der Waals surface area contributed by atoms with Crippen LogP contribution in [0.2, 0.25) is 0 Å². The highest BCUT2D eigenvalue weighted by Crippen LogP contribution is 2.25. The summed E-state index contributed by atoms with van der Waals surface area (Å²) in [5.41, 5.74) is 0. The number of carbonyl (C=O) groups excluding carboxylic acids is 1. The molecule has 1 unspecified atom stereocenters. The molecular weight excluding hydrogens is 332 g/mol. The van der Waals surface area contributed by atoms with Gasteiger partial charge in [0.2, 0.25) is 5.91 Å². The molecule has 3 fully saturated rings. The van der Waals surface area contributed by atoms with Crippen LogP contribution in [0.4, 0.5) is 0 Å². The second-order valence-corrected chi connectivity index (χ2v) is 8.14. The van der Waals surface area contributed by atoms with Crippen LogP contribution in [-0.4, -0.2) is 77.6 Å². The van der Waals surface area contributed by atoms with E-state index in [4.69, 9.17) is 12.2 Å². The maximum Gasteiger partial charge on any atom is 0.225 e. The molecule has 0 radical (unpaired) electrons. The molecule has 3 rings (SSSR count). The minimum absolute atomic E-state index is 0.285. The Balaban J connectivity index is 1.39. The lowest BCUT2D eigenvalue weighted by Crippen LogP contribution is -2.55. The summed E-state index contributed by atoms with van der Waals surface area (Å²) in [5.74, 6) is 0.676. The van der Waals surface area contributed by atoms with Gasteiger partial charge in [0.25, 0.3) is 0 Å². The first-order chi connectivity index (χ1) is 12.2. The lowest BCUT2D eigenvalue weighted by molar-refractivity contribution is -0.137. The lowest BCUT2D eigenvalue weighted by Gasteiger charge is -2.38. The van der Waals surface area contributed by atoms with Crippen molar-refractivity contribution in [1.82, 2.24) is 20.0 Å². The molecule has 1 aliphatic carbocycles. The van der Waals surface area contributed by atoms with Gasteiger partial charge in [-0.2, -0.15) is 0 Å². The highest BCUT2D eigenvalue weighted by Gasteiger charge is 2.29. The number of nitrogens with zero attached hydrogens (tertiary/aromatic N) is 3. The normalized spacial score (nSPS) is 26.0. The third kappa shape index (κ3) is 4.85. The van der Waals surface area contributed by atoms with Crippen LogP contribution in [0.25, 0.3) is 0 Å². The average Bonchev–Trinajstić information content (AvgIpc) is 3.14. The van der Waals surface area contributed by atoms with E-state index in [0.717, 1.165) is 57.2 Å². The predicted octanol–water partition coefficient (Wildman–Crippen LogP) is 2.07. The van der Waals surface area contributed by atoms with Gasteiger partial charge < -0.3 is 15.1 Å². The van der Waals surface area contributed by atoms with Gasteiger partial charge in [0.05, 0.1) is 0 Å². The Morgan fingerprint density at radius 1 is 0.960 bits per heavy atom. The van der Waals surface area contributed by atoms with Crippen LogP contribution in [0.3, 0.4) is 0 Å². The molecule has 0 aromatic rings. The largest absolute Gasteiger partial charge is 0.361 e. The summed E-state index contributed by atoms with van der Waals surface area (Å²) in [6.07, 6.45) is 8.50. The van der Waals surface area contributed by atoms with Crippen molar-refractivity contribution in [3.05, 3.63) is 0 Å². The highest BCUT2D eigenvalue weighted by molar-refractivity contribution is 7.80. The van der Waals surface area contributed by atoms with E-state index in [-0.39, 0.29) is 5.92 Å². The summed E-state index contributed by atoms with van der Waals surface area (Å²) in [6.45, 7) is 8.91. The Morgan fingerprint density at radius 2 is 1.64 bits per heavy atom. The van der Waals surface area contributed by atoms with Gasteiger partial charge in [0.15, 0.2) is 5.11 Å². The molecule has 3 aliphatic rings. The molecule has 6 heteroatoms. The number of hydrogen-bond donors (Lipinski definition) is 1. The highest BCUT2D eigenvalue weighted by atomic mass is 32.1. The Bertz CT molecular complexity index is 458. The molecule has 0 aromatic heterocycles. The molecule has 1 amide bonds. The van der Waals surface area contributed by atoms with Crippen molar-refractivity contribution in [2.24, 2.45) is 5.92 Å².